The number of nitrogens with zero attached hydrogens (tertiary/aromatic N) is 4. The van der Waals surface area contributed by atoms with Crippen molar-refractivity contribution in [3.63, 3.8) is 0 Å². The molecule has 0 bridgehead atoms. The number of carbonyl (C=O) groups is 1. The molecule has 0 aliphatic heterocycles. The highest BCUT2D eigenvalue weighted by Gasteiger charge is 2.21. The topological polar surface area (TPSA) is 72.7 Å². The summed E-state index contributed by atoms with van der Waals surface area (Å²) < 4.78 is 16.5. The molecule has 0 fully saturated rings. The molecule has 1 amide bonds. The largest absolute Gasteiger partial charge is 0.350 e. The van der Waals surface area contributed by atoms with Crippen molar-refractivity contribution < 1.29 is 9.18 Å². The van der Waals surface area contributed by atoms with Crippen molar-refractivity contribution in [1.82, 2.24) is 25.1 Å². The van der Waals surface area contributed by atoms with Gasteiger partial charge < -0.3 is 5.32 Å². The number of carbonyl (C=O) groups excluding carboxylic acids is 1. The average Bonchev–Trinajstić information content (AvgIpc) is 3.57. The number of thioether (sulfide) groups is 1. The molecule has 0 radical (unpaired) electrons. The second-order valence-electron chi connectivity index (χ2n) is 8.23. The first-order valence-electron chi connectivity index (χ1n) is 11.6. The van der Waals surface area contributed by atoms with Crippen LogP contribution in [-0.4, -0.2) is 32.2 Å². The molecule has 0 spiro atoms. The molecule has 12 heteroatoms. The molecule has 39 heavy (non-hydrogen) atoms. The van der Waals surface area contributed by atoms with Gasteiger partial charge in [0, 0.05) is 27.5 Å². The van der Waals surface area contributed by atoms with Gasteiger partial charge in [0.15, 0.2) is 11.0 Å². The Labute approximate surface area is 247 Å². The number of halogens is 4. The third kappa shape index (κ3) is 6.45. The fraction of sp³-hybridized carbons (Fsp3) is 0.111. The van der Waals surface area contributed by atoms with Crippen LogP contribution in [0.2, 0.25) is 15.1 Å². The summed E-state index contributed by atoms with van der Waals surface area (Å²) in [5.41, 5.74) is 2.16. The second kappa shape index (κ2) is 12.5. The number of para-hydroxylation sites is 1. The van der Waals surface area contributed by atoms with Crippen molar-refractivity contribution in [2.24, 2.45) is 0 Å². The number of nitrogens with one attached hydrogen (secondary N) is 1. The summed E-state index contributed by atoms with van der Waals surface area (Å²) in [4.78, 5) is 17.1. The summed E-state index contributed by atoms with van der Waals surface area (Å²) in [5, 5.41) is 16.0. The maximum Gasteiger partial charge on any atom is 0.270 e. The SMILES string of the molecule is O=C(NCCc1ccc(Cl)cc1Cl)c1csc(CSc2nnc(-c3ccccc3Cl)n2-c2ccccc2F)n1. The molecule has 6 nitrogen and oxygen atoms in total. The fourth-order valence-electron chi connectivity index (χ4n) is 3.76. The number of hydrogen-bond acceptors (Lipinski definition) is 6. The molecule has 0 aliphatic rings. The zero-order chi connectivity index (χ0) is 27.4. The van der Waals surface area contributed by atoms with Gasteiger partial charge in [-0.05, 0) is 48.4 Å². The number of thiazole rings is 1. The Morgan fingerprint density at radius 3 is 2.59 bits per heavy atom. The van der Waals surface area contributed by atoms with Gasteiger partial charge >= 0.3 is 0 Å². The monoisotopic (exact) mass is 617 g/mol. The van der Waals surface area contributed by atoms with Gasteiger partial charge in [-0.3, -0.25) is 9.36 Å². The Bertz CT molecular complexity index is 1640. The molecule has 0 atom stereocenters. The van der Waals surface area contributed by atoms with Crippen LogP contribution in [0.3, 0.4) is 0 Å². The first-order valence-corrected chi connectivity index (χ1v) is 14.6. The molecule has 0 unspecified atom stereocenters. The van der Waals surface area contributed by atoms with Gasteiger partial charge in [0.05, 0.1) is 16.5 Å². The van der Waals surface area contributed by atoms with Crippen molar-refractivity contribution in [1.29, 1.82) is 0 Å². The molecule has 0 saturated heterocycles. The lowest BCUT2D eigenvalue weighted by molar-refractivity contribution is 0.0949. The Kier molecular flexibility index (Phi) is 8.84. The van der Waals surface area contributed by atoms with Gasteiger partial charge in [-0.25, -0.2) is 9.37 Å². The minimum absolute atomic E-state index is 0.275. The highest BCUT2D eigenvalue weighted by atomic mass is 35.5. The lowest BCUT2D eigenvalue weighted by Crippen LogP contribution is -2.26. The molecule has 0 saturated carbocycles. The molecule has 3 aromatic carbocycles. The third-order valence-electron chi connectivity index (χ3n) is 5.65. The Balaban J connectivity index is 1.29. The van der Waals surface area contributed by atoms with E-state index in [9.17, 15) is 9.18 Å². The normalized spacial score (nSPS) is 11.1. The van der Waals surface area contributed by atoms with Gasteiger partial charge in [0.25, 0.3) is 5.91 Å². The summed E-state index contributed by atoms with van der Waals surface area (Å²) in [6.45, 7) is 0.401. The summed E-state index contributed by atoms with van der Waals surface area (Å²) in [7, 11) is 0. The summed E-state index contributed by atoms with van der Waals surface area (Å²) >= 11 is 21.3. The first-order chi connectivity index (χ1) is 18.9. The van der Waals surface area contributed by atoms with Gasteiger partial charge in [-0.15, -0.1) is 21.5 Å². The molecule has 1 N–H and O–H groups in total. The van der Waals surface area contributed by atoms with E-state index in [0.717, 1.165) is 5.56 Å². The lowest BCUT2D eigenvalue weighted by Gasteiger charge is -2.11. The number of hydrogen-bond donors (Lipinski definition) is 1. The Hall–Kier alpha value is -2.95. The standard InChI is InChI=1S/C27H19Cl3FN5OS2/c28-17-10-9-16(20(30)13-17)11-12-32-26(37)22-14-38-24(33-22)15-39-27-35-34-25(18-5-1-2-6-19(18)29)36(27)23-8-4-3-7-21(23)31/h1-10,13-14H,11-12,15H2,(H,32,37). The average molecular weight is 619 g/mol. The zero-order valence-corrected chi connectivity index (χ0v) is 24.0. The van der Waals surface area contributed by atoms with E-state index in [1.54, 1.807) is 46.3 Å². The number of rotatable bonds is 9. The van der Waals surface area contributed by atoms with Crippen LogP contribution in [0, 0.1) is 5.82 Å². The van der Waals surface area contributed by atoms with Crippen molar-refractivity contribution in [2.75, 3.05) is 6.54 Å². The van der Waals surface area contributed by atoms with Crippen LogP contribution in [0.4, 0.5) is 4.39 Å². The minimum Gasteiger partial charge on any atom is -0.350 e. The quantitative estimate of drug-likeness (QED) is 0.171. The molecule has 198 valence electrons. The van der Waals surface area contributed by atoms with Gasteiger partial charge in [-0.1, -0.05) is 76.9 Å². The van der Waals surface area contributed by atoms with E-state index in [1.807, 2.05) is 24.3 Å². The molecule has 5 rings (SSSR count). The molecular weight excluding hydrogens is 600 g/mol. The van der Waals surface area contributed by atoms with E-state index in [4.69, 9.17) is 34.8 Å². The Morgan fingerprint density at radius 2 is 1.79 bits per heavy atom. The number of benzene rings is 3. The molecule has 0 aliphatic carbocycles. The van der Waals surface area contributed by atoms with Crippen LogP contribution in [0.5, 0.6) is 0 Å². The minimum atomic E-state index is -0.416. The number of amides is 1. The molecule has 2 aromatic heterocycles. The molecular formula is C27H19Cl3FN5OS2. The Morgan fingerprint density at radius 1 is 1.00 bits per heavy atom. The van der Waals surface area contributed by atoms with Crippen LogP contribution in [0.1, 0.15) is 21.1 Å². The van der Waals surface area contributed by atoms with E-state index in [1.165, 1.54) is 29.2 Å². The van der Waals surface area contributed by atoms with Gasteiger partial charge in [0.1, 0.15) is 16.5 Å². The maximum atomic E-state index is 14.8. The van der Waals surface area contributed by atoms with Crippen molar-refractivity contribution in [3.8, 4) is 17.1 Å². The lowest BCUT2D eigenvalue weighted by atomic mass is 10.1. The smallest absolute Gasteiger partial charge is 0.270 e. The van der Waals surface area contributed by atoms with E-state index in [0.29, 0.717) is 66.7 Å². The van der Waals surface area contributed by atoms with Crippen molar-refractivity contribution in [3.05, 3.63) is 109 Å². The predicted octanol–water partition coefficient (Wildman–Crippen LogP) is 7.75. The van der Waals surface area contributed by atoms with Crippen LogP contribution in [-0.2, 0) is 12.2 Å². The number of aromatic nitrogens is 4. The van der Waals surface area contributed by atoms with Crippen molar-refractivity contribution >= 4 is 63.8 Å². The van der Waals surface area contributed by atoms with Gasteiger partial charge in [0.2, 0.25) is 0 Å². The van der Waals surface area contributed by atoms with Crippen LogP contribution >= 0.6 is 57.9 Å². The van der Waals surface area contributed by atoms with E-state index in [-0.39, 0.29) is 5.91 Å². The summed E-state index contributed by atoms with van der Waals surface area (Å²) in [5.74, 6) is 0.143. The molecule has 2 heterocycles. The maximum absolute atomic E-state index is 14.8. The highest BCUT2D eigenvalue weighted by Crippen LogP contribution is 2.34. The first kappa shape index (κ1) is 27.6. The zero-order valence-electron chi connectivity index (χ0n) is 20.1. The van der Waals surface area contributed by atoms with E-state index in [2.05, 4.69) is 20.5 Å². The van der Waals surface area contributed by atoms with Gasteiger partial charge in [-0.2, -0.15) is 0 Å². The van der Waals surface area contributed by atoms with Crippen LogP contribution in [0.25, 0.3) is 17.1 Å². The summed E-state index contributed by atoms with van der Waals surface area (Å²) in [6.07, 6.45) is 0.564. The van der Waals surface area contributed by atoms with Crippen molar-refractivity contribution in [2.45, 2.75) is 17.3 Å². The second-order valence-corrected chi connectivity index (χ2v) is 11.4. The third-order valence-corrected chi connectivity index (χ3v) is 8.53. The summed E-state index contributed by atoms with van der Waals surface area (Å²) in [6, 6.07) is 18.9. The van der Waals surface area contributed by atoms with Crippen LogP contribution < -0.4 is 5.32 Å². The van der Waals surface area contributed by atoms with Crippen LogP contribution in [0.15, 0.2) is 77.3 Å². The fourth-order valence-corrected chi connectivity index (χ4v) is 6.22. The van der Waals surface area contributed by atoms with E-state index < -0.39 is 5.82 Å². The van der Waals surface area contributed by atoms with E-state index >= 15 is 0 Å². The highest BCUT2D eigenvalue weighted by molar-refractivity contribution is 7.98. The molecule has 5 aromatic rings. The predicted molar refractivity (Wildman–Crippen MR) is 156 cm³/mol.